The zero-order valence-corrected chi connectivity index (χ0v) is 23.9. The van der Waals surface area contributed by atoms with Gasteiger partial charge in [0, 0.05) is 38.0 Å². The number of aromatic nitrogens is 8. The molecule has 10 heteroatoms. The predicted molar refractivity (Wildman–Crippen MR) is 160 cm³/mol. The summed E-state index contributed by atoms with van der Waals surface area (Å²) in [6.45, 7) is 2.82. The van der Waals surface area contributed by atoms with E-state index in [2.05, 4.69) is 73.5 Å². The van der Waals surface area contributed by atoms with Crippen LogP contribution in [0.15, 0.2) is 79.0 Å². The lowest BCUT2D eigenvalue weighted by atomic mass is 9.98. The number of unbranched alkanes of at least 4 members (excludes halogenated alkanes) is 1. The number of aryl methyl sites for hydroxylation is 1. The number of nitrogens with one attached hydrogen (secondary N) is 1. The van der Waals surface area contributed by atoms with Gasteiger partial charge < -0.3 is 14.0 Å². The van der Waals surface area contributed by atoms with Gasteiger partial charge in [0.15, 0.2) is 11.5 Å². The molecule has 0 aliphatic heterocycles. The van der Waals surface area contributed by atoms with E-state index in [4.69, 9.17) is 19.4 Å². The Hall–Kier alpha value is -4.80. The molecule has 10 nitrogen and oxygen atoms in total. The topological polar surface area (TPSA) is 117 Å². The van der Waals surface area contributed by atoms with Crippen LogP contribution in [-0.2, 0) is 22.4 Å². The lowest BCUT2D eigenvalue weighted by Crippen LogP contribution is -2.11. The van der Waals surface area contributed by atoms with Crippen molar-refractivity contribution in [2.75, 3.05) is 14.2 Å². The molecule has 0 spiro atoms. The molecule has 0 bridgehead atoms. The molecule has 0 aliphatic rings. The normalized spacial score (nSPS) is 11.5. The van der Waals surface area contributed by atoms with Crippen molar-refractivity contribution in [1.29, 1.82) is 0 Å². The van der Waals surface area contributed by atoms with Crippen molar-refractivity contribution in [3.63, 3.8) is 0 Å². The third-order valence-electron chi connectivity index (χ3n) is 7.31. The zero-order chi connectivity index (χ0) is 28.9. The number of ether oxygens (including phenoxy) is 2. The van der Waals surface area contributed by atoms with Crippen LogP contribution in [0, 0.1) is 0 Å². The zero-order valence-electron chi connectivity index (χ0n) is 23.9. The van der Waals surface area contributed by atoms with Crippen LogP contribution in [0.2, 0.25) is 0 Å². The Morgan fingerprint density at radius 2 is 1.67 bits per heavy atom. The summed E-state index contributed by atoms with van der Waals surface area (Å²) in [5, 5.41) is 14.5. The Kier molecular flexibility index (Phi) is 8.07. The maximum Gasteiger partial charge on any atom is 0.201 e. The number of hydrogen-bond donors (Lipinski definition) is 1. The summed E-state index contributed by atoms with van der Waals surface area (Å²) in [5.41, 5.74) is 8.14. The van der Waals surface area contributed by atoms with Crippen LogP contribution in [0.4, 0.5) is 0 Å². The van der Waals surface area contributed by atoms with E-state index in [0.717, 1.165) is 69.8 Å². The second-order valence-electron chi connectivity index (χ2n) is 9.99. The molecule has 0 unspecified atom stereocenters. The second-order valence-corrected chi connectivity index (χ2v) is 9.99. The number of benzene rings is 2. The number of tetrazole rings is 1. The molecule has 212 valence electrons. The van der Waals surface area contributed by atoms with Crippen LogP contribution in [0.3, 0.4) is 0 Å². The third-order valence-corrected chi connectivity index (χ3v) is 7.31. The molecule has 4 aromatic heterocycles. The minimum Gasteiger partial charge on any atom is -0.350 e. The van der Waals surface area contributed by atoms with Crippen molar-refractivity contribution in [3.05, 3.63) is 96.1 Å². The number of imidazole rings is 1. The highest BCUT2D eigenvalue weighted by molar-refractivity contribution is 5.81. The van der Waals surface area contributed by atoms with Gasteiger partial charge in [0.05, 0.1) is 12.2 Å². The lowest BCUT2D eigenvalue weighted by molar-refractivity contribution is -0.108. The Balaban J connectivity index is 1.41. The van der Waals surface area contributed by atoms with Crippen molar-refractivity contribution in [2.24, 2.45) is 0 Å². The number of aromatic amines is 1. The first kappa shape index (κ1) is 27.4. The minimum absolute atomic E-state index is 0.628. The Morgan fingerprint density at radius 3 is 2.36 bits per heavy atom. The molecular weight excluding hydrogens is 528 g/mol. The van der Waals surface area contributed by atoms with E-state index in [0.29, 0.717) is 18.1 Å². The number of H-pyrrole nitrogens is 1. The van der Waals surface area contributed by atoms with Gasteiger partial charge in [0.2, 0.25) is 6.29 Å². The average molecular weight is 561 g/mol. The van der Waals surface area contributed by atoms with E-state index in [9.17, 15) is 0 Å². The second kappa shape index (κ2) is 12.4. The molecule has 1 N–H and O–H groups in total. The maximum absolute atomic E-state index is 5.66. The van der Waals surface area contributed by atoms with Crippen molar-refractivity contribution < 1.29 is 9.47 Å². The van der Waals surface area contributed by atoms with Crippen LogP contribution in [-0.4, -0.2) is 54.4 Å². The number of rotatable bonds is 11. The first-order chi connectivity index (χ1) is 20.7. The maximum atomic E-state index is 5.66. The largest absolute Gasteiger partial charge is 0.350 e. The van der Waals surface area contributed by atoms with Gasteiger partial charge in [-0.3, -0.25) is 4.98 Å². The standard InChI is InChI=1S/C32H32N8O2/c1-4-5-13-28-34-27-19-25(26-12-8-9-18-33-26)29(32(41-2)42-3)35-31(27)40(28)20-21-14-16-22(17-15-21)23-10-6-7-11-24(23)30-36-38-39-37-30/h6-12,14-19,32H,4-5,13,20H2,1-3H3,(H,36,37,38,39). The van der Waals surface area contributed by atoms with E-state index in [-0.39, 0.29) is 0 Å². The van der Waals surface area contributed by atoms with Crippen LogP contribution < -0.4 is 0 Å². The third kappa shape index (κ3) is 5.41. The van der Waals surface area contributed by atoms with Crippen molar-refractivity contribution >= 4 is 11.2 Å². The highest BCUT2D eigenvalue weighted by Gasteiger charge is 2.23. The molecule has 0 fully saturated rings. The molecule has 42 heavy (non-hydrogen) atoms. The molecule has 0 atom stereocenters. The van der Waals surface area contributed by atoms with Crippen LogP contribution in [0.1, 0.15) is 43.1 Å². The van der Waals surface area contributed by atoms with Gasteiger partial charge >= 0.3 is 0 Å². The average Bonchev–Trinajstić information content (AvgIpc) is 3.70. The SMILES string of the molecule is CCCCc1nc2cc(-c3ccccn3)c(C(OC)OC)nc2n1Cc1ccc(-c2ccccc2-c2nnn[nH]2)cc1. The van der Waals surface area contributed by atoms with Gasteiger partial charge in [-0.05, 0) is 51.7 Å². The molecule has 2 aromatic carbocycles. The monoisotopic (exact) mass is 560 g/mol. The lowest BCUT2D eigenvalue weighted by Gasteiger charge is -2.17. The molecule has 0 aliphatic carbocycles. The van der Waals surface area contributed by atoms with E-state index < -0.39 is 6.29 Å². The highest BCUT2D eigenvalue weighted by Crippen LogP contribution is 2.33. The summed E-state index contributed by atoms with van der Waals surface area (Å²) in [6.07, 6.45) is 4.09. The van der Waals surface area contributed by atoms with Crippen molar-refractivity contribution in [2.45, 2.75) is 39.0 Å². The van der Waals surface area contributed by atoms with Gasteiger partial charge in [-0.25, -0.2) is 15.1 Å². The van der Waals surface area contributed by atoms with Gasteiger partial charge in [0.25, 0.3) is 0 Å². The summed E-state index contributed by atoms with van der Waals surface area (Å²) in [4.78, 5) is 14.7. The predicted octanol–water partition coefficient (Wildman–Crippen LogP) is 6.02. The van der Waals surface area contributed by atoms with Crippen LogP contribution in [0.5, 0.6) is 0 Å². The van der Waals surface area contributed by atoms with Crippen LogP contribution >= 0.6 is 0 Å². The van der Waals surface area contributed by atoms with E-state index >= 15 is 0 Å². The van der Waals surface area contributed by atoms with Crippen molar-refractivity contribution in [1.82, 2.24) is 40.1 Å². The highest BCUT2D eigenvalue weighted by atomic mass is 16.7. The van der Waals surface area contributed by atoms with Gasteiger partial charge in [-0.1, -0.05) is 67.9 Å². The number of pyridine rings is 2. The minimum atomic E-state index is -0.646. The summed E-state index contributed by atoms with van der Waals surface area (Å²) < 4.78 is 13.5. The number of nitrogens with zero attached hydrogens (tertiary/aromatic N) is 7. The molecular formula is C32H32N8O2. The summed E-state index contributed by atoms with van der Waals surface area (Å²) >= 11 is 0. The summed E-state index contributed by atoms with van der Waals surface area (Å²) in [5.74, 6) is 1.64. The first-order valence-corrected chi connectivity index (χ1v) is 14.0. The Morgan fingerprint density at radius 1 is 0.881 bits per heavy atom. The van der Waals surface area contributed by atoms with Gasteiger partial charge in [-0.15, -0.1) is 5.10 Å². The molecule has 0 amide bonds. The van der Waals surface area contributed by atoms with Gasteiger partial charge in [-0.2, -0.15) is 0 Å². The Labute approximate surface area is 243 Å². The number of methoxy groups -OCH3 is 2. The fourth-order valence-corrected chi connectivity index (χ4v) is 5.21. The van der Waals surface area contributed by atoms with Crippen molar-refractivity contribution in [3.8, 4) is 33.8 Å². The molecule has 6 aromatic rings. The quantitative estimate of drug-likeness (QED) is 0.191. The smallest absolute Gasteiger partial charge is 0.201 e. The van der Waals surface area contributed by atoms with E-state index in [1.54, 1.807) is 20.4 Å². The van der Waals surface area contributed by atoms with E-state index in [1.165, 1.54) is 0 Å². The summed E-state index contributed by atoms with van der Waals surface area (Å²) in [6, 6.07) is 24.5. The molecule has 6 rings (SSSR count). The number of fused-ring (bicyclic) bond motifs is 1. The molecule has 0 radical (unpaired) electrons. The molecule has 0 saturated heterocycles. The van der Waals surface area contributed by atoms with E-state index in [1.807, 2.05) is 36.4 Å². The molecule has 0 saturated carbocycles. The van der Waals surface area contributed by atoms with Crippen LogP contribution in [0.25, 0.3) is 44.9 Å². The fraction of sp³-hybridized carbons (Fsp3) is 0.250. The number of hydrogen-bond acceptors (Lipinski definition) is 8. The fourth-order valence-electron chi connectivity index (χ4n) is 5.21. The Bertz CT molecular complexity index is 1760. The molecule has 4 heterocycles. The summed E-state index contributed by atoms with van der Waals surface area (Å²) in [7, 11) is 3.23. The first-order valence-electron chi connectivity index (χ1n) is 14.0. The van der Waals surface area contributed by atoms with Gasteiger partial charge in [0.1, 0.15) is 17.0 Å².